The van der Waals surface area contributed by atoms with Gasteiger partial charge in [-0.3, -0.25) is 0 Å². The molecule has 0 bridgehead atoms. The van der Waals surface area contributed by atoms with Crippen LogP contribution in [0.3, 0.4) is 0 Å². The molecule has 1 aliphatic heterocycles. The second-order valence-corrected chi connectivity index (χ2v) is 5.22. The van der Waals surface area contributed by atoms with E-state index >= 15 is 0 Å². The van der Waals surface area contributed by atoms with Gasteiger partial charge in [-0.05, 0) is 31.0 Å². The largest absolute Gasteiger partial charge is 0.370 e. The third-order valence-electron chi connectivity index (χ3n) is 3.53. The summed E-state index contributed by atoms with van der Waals surface area (Å²) < 4.78 is 0. The molecule has 0 atom stereocenters. The second kappa shape index (κ2) is 7.31. The summed E-state index contributed by atoms with van der Waals surface area (Å²) in [7, 11) is 0. The van der Waals surface area contributed by atoms with Crippen molar-refractivity contribution in [3.05, 3.63) is 23.8 Å². The molecule has 0 amide bonds. The standard InChI is InChI=1S/C15H21N7/c16-10-11-9-12(20-15(19)21-14(17)18)5-6-13(11)22-7-3-1-2-4-8-22/h5-6,9H,1-4,7-8H2,(H6,17,18,19,20,21). The van der Waals surface area contributed by atoms with Gasteiger partial charge in [-0.2, -0.15) is 10.3 Å². The fraction of sp³-hybridized carbons (Fsp3) is 0.400. The van der Waals surface area contributed by atoms with E-state index in [4.69, 9.17) is 17.2 Å². The summed E-state index contributed by atoms with van der Waals surface area (Å²) in [4.78, 5) is 10.0. The summed E-state index contributed by atoms with van der Waals surface area (Å²) in [6, 6.07) is 7.66. The van der Waals surface area contributed by atoms with Crippen LogP contribution in [0.1, 0.15) is 31.2 Å². The average Bonchev–Trinajstić information content (AvgIpc) is 2.75. The highest BCUT2D eigenvalue weighted by Crippen LogP contribution is 2.27. The maximum atomic E-state index is 9.40. The number of aliphatic imine (C=N–C) groups is 2. The van der Waals surface area contributed by atoms with E-state index < -0.39 is 0 Å². The Labute approximate surface area is 130 Å². The summed E-state index contributed by atoms with van der Waals surface area (Å²) >= 11 is 0. The normalized spacial score (nSPS) is 15.8. The van der Waals surface area contributed by atoms with Gasteiger partial charge in [0, 0.05) is 13.1 Å². The lowest BCUT2D eigenvalue weighted by Gasteiger charge is -2.23. The smallest absolute Gasteiger partial charge is 0.223 e. The number of nitrogens with zero attached hydrogens (tertiary/aromatic N) is 4. The van der Waals surface area contributed by atoms with Gasteiger partial charge in [0.05, 0.1) is 16.9 Å². The molecule has 0 unspecified atom stereocenters. The predicted molar refractivity (Wildman–Crippen MR) is 88.9 cm³/mol. The zero-order valence-corrected chi connectivity index (χ0v) is 12.5. The molecule has 7 heteroatoms. The zero-order chi connectivity index (χ0) is 15.9. The van der Waals surface area contributed by atoms with E-state index in [1.165, 1.54) is 12.8 Å². The predicted octanol–water partition coefficient (Wildman–Crippen LogP) is 1.16. The average molecular weight is 299 g/mol. The number of hydrogen-bond acceptors (Lipinski definition) is 3. The maximum absolute atomic E-state index is 9.40. The summed E-state index contributed by atoms with van der Waals surface area (Å²) in [6.45, 7) is 1.96. The van der Waals surface area contributed by atoms with Crippen molar-refractivity contribution in [1.82, 2.24) is 0 Å². The van der Waals surface area contributed by atoms with Gasteiger partial charge >= 0.3 is 0 Å². The molecule has 1 aromatic rings. The first kappa shape index (κ1) is 15.6. The Kier molecular flexibility index (Phi) is 5.20. The van der Waals surface area contributed by atoms with Gasteiger partial charge in [0.15, 0.2) is 5.96 Å². The first-order valence-corrected chi connectivity index (χ1v) is 7.33. The number of benzene rings is 1. The fourth-order valence-electron chi connectivity index (χ4n) is 2.56. The van der Waals surface area contributed by atoms with Crippen LogP contribution >= 0.6 is 0 Å². The molecule has 116 valence electrons. The Morgan fingerprint density at radius 2 is 1.77 bits per heavy atom. The van der Waals surface area contributed by atoms with E-state index in [2.05, 4.69) is 21.0 Å². The molecule has 0 aromatic heterocycles. The minimum Gasteiger partial charge on any atom is -0.370 e. The van der Waals surface area contributed by atoms with Crippen molar-refractivity contribution in [3.8, 4) is 6.07 Å². The van der Waals surface area contributed by atoms with Crippen LogP contribution in [-0.2, 0) is 0 Å². The summed E-state index contributed by atoms with van der Waals surface area (Å²) in [6.07, 6.45) is 4.80. The van der Waals surface area contributed by atoms with Gasteiger partial charge in [-0.25, -0.2) is 4.99 Å². The van der Waals surface area contributed by atoms with Crippen molar-refractivity contribution in [3.63, 3.8) is 0 Å². The van der Waals surface area contributed by atoms with Crippen LogP contribution in [0, 0.1) is 11.3 Å². The highest BCUT2D eigenvalue weighted by molar-refractivity contribution is 5.93. The minimum absolute atomic E-state index is 0.0357. The third kappa shape index (κ3) is 4.12. The third-order valence-corrected chi connectivity index (χ3v) is 3.53. The molecule has 1 aliphatic rings. The zero-order valence-electron chi connectivity index (χ0n) is 12.5. The number of nitrogens with two attached hydrogens (primary N) is 3. The van der Waals surface area contributed by atoms with E-state index in [9.17, 15) is 5.26 Å². The summed E-state index contributed by atoms with van der Waals surface area (Å²) in [5.41, 5.74) is 18.2. The molecular weight excluding hydrogens is 278 g/mol. The van der Waals surface area contributed by atoms with Gasteiger partial charge < -0.3 is 22.1 Å². The van der Waals surface area contributed by atoms with Gasteiger partial charge in [0.2, 0.25) is 5.96 Å². The molecule has 0 spiro atoms. The van der Waals surface area contributed by atoms with Crippen LogP contribution in [0.2, 0.25) is 0 Å². The van der Waals surface area contributed by atoms with Crippen molar-refractivity contribution in [1.29, 1.82) is 5.26 Å². The highest BCUT2D eigenvalue weighted by atomic mass is 15.1. The molecule has 22 heavy (non-hydrogen) atoms. The fourth-order valence-corrected chi connectivity index (χ4v) is 2.56. The number of rotatable bonds is 2. The first-order valence-electron chi connectivity index (χ1n) is 7.33. The topological polar surface area (TPSA) is 130 Å². The van der Waals surface area contributed by atoms with E-state index in [1.54, 1.807) is 6.07 Å². The van der Waals surface area contributed by atoms with Crippen molar-refractivity contribution in [2.45, 2.75) is 25.7 Å². The molecule has 2 rings (SSSR count). The van der Waals surface area contributed by atoms with Crippen LogP contribution in [-0.4, -0.2) is 25.0 Å². The molecule has 0 radical (unpaired) electrons. The quantitative estimate of drug-likeness (QED) is 0.557. The van der Waals surface area contributed by atoms with Crippen LogP contribution in [0.15, 0.2) is 28.2 Å². The van der Waals surface area contributed by atoms with Crippen LogP contribution in [0.25, 0.3) is 0 Å². The van der Waals surface area contributed by atoms with Crippen LogP contribution in [0.4, 0.5) is 11.4 Å². The molecule has 1 fully saturated rings. The minimum atomic E-state index is -0.150. The van der Waals surface area contributed by atoms with Gasteiger partial charge in [-0.15, -0.1) is 0 Å². The highest BCUT2D eigenvalue weighted by Gasteiger charge is 2.14. The lowest BCUT2D eigenvalue weighted by molar-refractivity contribution is 0.726. The van der Waals surface area contributed by atoms with Crippen LogP contribution < -0.4 is 22.1 Å². The molecule has 1 saturated heterocycles. The van der Waals surface area contributed by atoms with Crippen molar-refractivity contribution < 1.29 is 0 Å². The second-order valence-electron chi connectivity index (χ2n) is 5.22. The maximum Gasteiger partial charge on any atom is 0.223 e. The molecule has 7 nitrogen and oxygen atoms in total. The number of hydrogen-bond donors (Lipinski definition) is 3. The molecule has 0 aliphatic carbocycles. The van der Waals surface area contributed by atoms with Crippen LogP contribution in [0.5, 0.6) is 0 Å². The molecular formula is C15H21N7. The van der Waals surface area contributed by atoms with E-state index in [-0.39, 0.29) is 11.9 Å². The summed E-state index contributed by atoms with van der Waals surface area (Å²) in [5.74, 6) is -0.186. The Bertz CT molecular complexity index is 615. The van der Waals surface area contributed by atoms with Gasteiger partial charge in [0.1, 0.15) is 6.07 Å². The lowest BCUT2D eigenvalue weighted by Crippen LogP contribution is -2.26. The first-order chi connectivity index (χ1) is 10.6. The summed E-state index contributed by atoms with van der Waals surface area (Å²) in [5, 5.41) is 9.40. The van der Waals surface area contributed by atoms with E-state index in [1.807, 2.05) is 12.1 Å². The molecule has 1 aromatic carbocycles. The van der Waals surface area contributed by atoms with E-state index in [0.29, 0.717) is 11.3 Å². The SMILES string of the molecule is N#Cc1cc(N=C(N)N=C(N)N)ccc1N1CCCCCC1. The Hall–Kier alpha value is -2.75. The number of anilines is 1. The number of guanidine groups is 2. The van der Waals surface area contributed by atoms with Gasteiger partial charge in [0.25, 0.3) is 0 Å². The Morgan fingerprint density at radius 3 is 2.36 bits per heavy atom. The van der Waals surface area contributed by atoms with Crippen molar-refractivity contribution >= 4 is 23.3 Å². The lowest BCUT2D eigenvalue weighted by atomic mass is 10.1. The van der Waals surface area contributed by atoms with Gasteiger partial charge in [-0.1, -0.05) is 12.8 Å². The molecule has 6 N–H and O–H groups in total. The Morgan fingerprint density at radius 1 is 1.09 bits per heavy atom. The molecule has 1 heterocycles. The van der Waals surface area contributed by atoms with E-state index in [0.717, 1.165) is 31.6 Å². The monoisotopic (exact) mass is 299 g/mol. The number of nitriles is 1. The Balaban J connectivity index is 2.28. The van der Waals surface area contributed by atoms with Crippen molar-refractivity contribution in [2.24, 2.45) is 27.2 Å². The van der Waals surface area contributed by atoms with Crippen molar-refractivity contribution in [2.75, 3.05) is 18.0 Å². The molecule has 0 saturated carbocycles.